The number of piperidine rings is 1. The number of rotatable bonds is 6. The Kier molecular flexibility index (Phi) is 6.91. The van der Waals surface area contributed by atoms with Crippen molar-refractivity contribution in [3.8, 4) is 5.75 Å². The summed E-state index contributed by atoms with van der Waals surface area (Å²) in [5, 5.41) is 10.0. The quantitative estimate of drug-likeness (QED) is 0.592. The van der Waals surface area contributed by atoms with Gasteiger partial charge in [-0.15, -0.1) is 0 Å². The Morgan fingerprint density at radius 1 is 0.939 bits per heavy atom. The first-order valence-corrected chi connectivity index (χ1v) is 12.5. The average molecular weight is 452 g/mol. The molecule has 2 aromatic rings. The van der Waals surface area contributed by atoms with Crippen molar-refractivity contribution in [2.24, 2.45) is 11.8 Å². The van der Waals surface area contributed by atoms with Gasteiger partial charge in [0.15, 0.2) is 6.29 Å². The Morgan fingerprint density at radius 3 is 2.30 bits per heavy atom. The summed E-state index contributed by atoms with van der Waals surface area (Å²) < 4.78 is 17.4. The van der Waals surface area contributed by atoms with E-state index < -0.39 is 0 Å². The van der Waals surface area contributed by atoms with E-state index in [-0.39, 0.29) is 18.3 Å². The van der Waals surface area contributed by atoms with Crippen LogP contribution in [-0.4, -0.2) is 44.8 Å². The van der Waals surface area contributed by atoms with Crippen molar-refractivity contribution in [3.63, 3.8) is 0 Å². The zero-order valence-electron chi connectivity index (χ0n) is 19.9. The van der Waals surface area contributed by atoms with Gasteiger partial charge < -0.3 is 24.2 Å². The number of methoxy groups -OCH3 is 2. The number of hydrogen-bond donors (Lipinski definition) is 1. The third kappa shape index (κ3) is 4.64. The Hall–Kier alpha value is -2.08. The second-order valence-electron chi connectivity index (χ2n) is 9.94. The minimum Gasteiger partial charge on any atom is -0.508 e. The maximum atomic E-state index is 10.0. The summed E-state index contributed by atoms with van der Waals surface area (Å²) >= 11 is 0. The van der Waals surface area contributed by atoms with Crippen LogP contribution in [-0.2, 0) is 20.8 Å². The minimum atomic E-state index is -0.104. The topological polar surface area (TPSA) is 51.2 Å². The zero-order valence-corrected chi connectivity index (χ0v) is 19.9. The predicted molar refractivity (Wildman–Crippen MR) is 130 cm³/mol. The summed E-state index contributed by atoms with van der Waals surface area (Å²) in [7, 11) is 3.46. The van der Waals surface area contributed by atoms with Crippen LogP contribution in [0.5, 0.6) is 5.75 Å². The highest BCUT2D eigenvalue weighted by Crippen LogP contribution is 2.45. The molecular weight excluding hydrogens is 414 g/mol. The van der Waals surface area contributed by atoms with E-state index in [4.69, 9.17) is 14.2 Å². The van der Waals surface area contributed by atoms with Gasteiger partial charge in [-0.25, -0.2) is 0 Å². The van der Waals surface area contributed by atoms with Crippen LogP contribution in [0.4, 0.5) is 5.69 Å². The molecule has 2 aromatic carbocycles. The number of phenolic OH excluding ortho intramolecular Hbond substituents is 1. The molecule has 0 radical (unpaired) electrons. The van der Waals surface area contributed by atoms with Crippen molar-refractivity contribution in [1.82, 2.24) is 0 Å². The number of anilines is 1. The van der Waals surface area contributed by atoms with Crippen molar-refractivity contribution in [2.45, 2.75) is 63.4 Å². The molecule has 2 fully saturated rings. The van der Waals surface area contributed by atoms with Gasteiger partial charge in [-0.3, -0.25) is 0 Å². The van der Waals surface area contributed by atoms with E-state index in [2.05, 4.69) is 35.2 Å². The molecule has 1 N–H and O–H groups in total. The fourth-order valence-electron chi connectivity index (χ4n) is 6.35. The second kappa shape index (κ2) is 10.0. The van der Waals surface area contributed by atoms with Crippen LogP contribution in [0.15, 0.2) is 42.5 Å². The third-order valence-corrected chi connectivity index (χ3v) is 8.09. The van der Waals surface area contributed by atoms with Gasteiger partial charge in [0.1, 0.15) is 5.75 Å². The maximum Gasteiger partial charge on any atom is 0.159 e. The van der Waals surface area contributed by atoms with Crippen LogP contribution in [0, 0.1) is 11.8 Å². The summed E-state index contributed by atoms with van der Waals surface area (Å²) in [6.07, 6.45) is 7.38. The minimum absolute atomic E-state index is 0.104. The van der Waals surface area contributed by atoms with Gasteiger partial charge >= 0.3 is 0 Å². The van der Waals surface area contributed by atoms with Crippen molar-refractivity contribution in [2.75, 3.05) is 32.2 Å². The van der Waals surface area contributed by atoms with Crippen LogP contribution in [0.2, 0.25) is 0 Å². The fourth-order valence-corrected chi connectivity index (χ4v) is 6.35. The summed E-state index contributed by atoms with van der Waals surface area (Å²) in [4.78, 5) is 2.47. The van der Waals surface area contributed by atoms with Gasteiger partial charge in [-0.1, -0.05) is 31.0 Å². The van der Waals surface area contributed by atoms with E-state index in [9.17, 15) is 5.11 Å². The second-order valence-corrected chi connectivity index (χ2v) is 9.94. The molecule has 5 heteroatoms. The molecule has 1 saturated heterocycles. The Morgan fingerprint density at radius 2 is 1.64 bits per heavy atom. The van der Waals surface area contributed by atoms with Gasteiger partial charge in [0.05, 0.1) is 12.7 Å². The lowest BCUT2D eigenvalue weighted by molar-refractivity contribution is -0.141. The largest absolute Gasteiger partial charge is 0.508 e. The fraction of sp³-hybridized carbons (Fsp3) is 0.571. The molecule has 5 nitrogen and oxygen atoms in total. The molecule has 0 bridgehead atoms. The first-order chi connectivity index (χ1) is 16.2. The first-order valence-electron chi connectivity index (χ1n) is 12.5. The van der Waals surface area contributed by atoms with Crippen LogP contribution >= 0.6 is 0 Å². The van der Waals surface area contributed by atoms with Crippen LogP contribution in [0.1, 0.15) is 61.1 Å². The summed E-state index contributed by atoms with van der Waals surface area (Å²) in [6, 6.07) is 15.0. The van der Waals surface area contributed by atoms with E-state index in [1.54, 1.807) is 14.2 Å². The van der Waals surface area contributed by atoms with E-state index in [0.717, 1.165) is 31.5 Å². The third-order valence-electron chi connectivity index (χ3n) is 8.09. The number of benzene rings is 2. The monoisotopic (exact) mass is 451 g/mol. The Balaban J connectivity index is 1.36. The number of aromatic hydroxyl groups is 1. The Bertz CT molecular complexity index is 912. The average Bonchev–Trinajstić information content (AvgIpc) is 3.39. The molecule has 0 amide bonds. The number of phenols is 1. The SMILES string of the molecule is COC(OC)C1CCN(c2ccc(C3c4ccc(O)cc4COC3C3CCCC3)cc2)CC1. The van der Waals surface area contributed by atoms with Crippen molar-refractivity contribution < 1.29 is 19.3 Å². The summed E-state index contributed by atoms with van der Waals surface area (Å²) in [5.41, 5.74) is 5.03. The molecule has 2 aliphatic heterocycles. The molecule has 5 rings (SSSR count). The van der Waals surface area contributed by atoms with Gasteiger partial charge in [0.25, 0.3) is 0 Å². The molecule has 3 aliphatic rings. The zero-order chi connectivity index (χ0) is 22.8. The Labute approximate surface area is 197 Å². The van der Waals surface area contributed by atoms with E-state index in [1.807, 2.05) is 12.1 Å². The van der Waals surface area contributed by atoms with Crippen molar-refractivity contribution in [1.29, 1.82) is 0 Å². The molecule has 0 aromatic heterocycles. The van der Waals surface area contributed by atoms with Crippen molar-refractivity contribution >= 4 is 5.69 Å². The van der Waals surface area contributed by atoms with E-state index >= 15 is 0 Å². The number of ether oxygens (including phenoxy) is 3. The smallest absolute Gasteiger partial charge is 0.159 e. The molecule has 1 aliphatic carbocycles. The standard InChI is InChI=1S/C28H37NO4/c1-31-28(32-2)21-13-15-29(16-14-21)23-9-7-19(8-10-23)26-25-12-11-24(30)17-22(25)18-33-27(26)20-5-3-4-6-20/h7-12,17,20-21,26-28,30H,3-6,13-16,18H2,1-2H3. The lowest BCUT2D eigenvalue weighted by Crippen LogP contribution is -2.39. The summed E-state index contributed by atoms with van der Waals surface area (Å²) in [6.45, 7) is 2.64. The molecule has 2 heterocycles. The van der Waals surface area contributed by atoms with Crippen LogP contribution in [0.25, 0.3) is 0 Å². The predicted octanol–water partition coefficient (Wildman–Crippen LogP) is 5.45. The maximum absolute atomic E-state index is 10.0. The first kappa shape index (κ1) is 22.7. The lowest BCUT2D eigenvalue weighted by atomic mass is 9.77. The summed E-state index contributed by atoms with van der Waals surface area (Å²) in [5.74, 6) is 1.61. The van der Waals surface area contributed by atoms with E-state index in [1.165, 1.54) is 42.5 Å². The van der Waals surface area contributed by atoms with Crippen molar-refractivity contribution in [3.05, 3.63) is 59.2 Å². The normalized spacial score (nSPS) is 24.4. The highest BCUT2D eigenvalue weighted by atomic mass is 16.7. The lowest BCUT2D eigenvalue weighted by Gasteiger charge is -2.38. The van der Waals surface area contributed by atoms with Crippen LogP contribution in [0.3, 0.4) is 0 Å². The van der Waals surface area contributed by atoms with Gasteiger partial charge in [0, 0.05) is 44.8 Å². The highest BCUT2D eigenvalue weighted by molar-refractivity contribution is 5.51. The number of fused-ring (bicyclic) bond motifs is 1. The molecular formula is C28H37NO4. The van der Waals surface area contributed by atoms with Gasteiger partial charge in [0.2, 0.25) is 0 Å². The van der Waals surface area contributed by atoms with Gasteiger partial charge in [-0.2, -0.15) is 0 Å². The number of nitrogens with zero attached hydrogens (tertiary/aromatic N) is 1. The molecule has 0 spiro atoms. The molecule has 2 atom stereocenters. The van der Waals surface area contributed by atoms with E-state index in [0.29, 0.717) is 24.2 Å². The number of hydrogen-bond acceptors (Lipinski definition) is 5. The molecule has 178 valence electrons. The van der Waals surface area contributed by atoms with Gasteiger partial charge in [-0.05, 0) is 72.6 Å². The highest BCUT2D eigenvalue weighted by Gasteiger charge is 2.38. The molecule has 2 unspecified atom stereocenters. The molecule has 33 heavy (non-hydrogen) atoms. The van der Waals surface area contributed by atoms with Crippen LogP contribution < -0.4 is 4.90 Å². The molecule has 1 saturated carbocycles.